The van der Waals surface area contributed by atoms with Crippen molar-refractivity contribution in [2.45, 2.75) is 0 Å². The number of aromatic nitrogens is 1. The average Bonchev–Trinajstić information content (AvgIpc) is 2.95. The number of fused-ring (bicyclic) bond motifs is 1. The van der Waals surface area contributed by atoms with E-state index in [0.29, 0.717) is 10.0 Å². The molecule has 1 aromatic heterocycles. The van der Waals surface area contributed by atoms with E-state index in [4.69, 9.17) is 0 Å². The third kappa shape index (κ3) is 3.06. The molecule has 6 heteroatoms. The monoisotopic (exact) mass is 362 g/mol. The first-order valence-electron chi connectivity index (χ1n) is 6.16. The zero-order valence-corrected chi connectivity index (χ0v) is 13.5. The SMILES string of the molecule is COC(=O)c1cnc(Nc2ccc3cc(Br)ccc3c2)s1. The lowest BCUT2D eigenvalue weighted by Gasteiger charge is -2.05. The minimum atomic E-state index is -0.371. The van der Waals surface area contributed by atoms with Gasteiger partial charge in [0.2, 0.25) is 0 Å². The Labute approximate surface area is 133 Å². The molecule has 0 aliphatic carbocycles. The van der Waals surface area contributed by atoms with E-state index in [-0.39, 0.29) is 5.97 Å². The second-order valence-corrected chi connectivity index (χ2v) is 6.30. The molecule has 0 amide bonds. The molecule has 3 rings (SSSR count). The fourth-order valence-corrected chi connectivity index (χ4v) is 3.08. The number of esters is 1. The van der Waals surface area contributed by atoms with Gasteiger partial charge in [0.25, 0.3) is 0 Å². The molecular formula is C15H11BrN2O2S. The van der Waals surface area contributed by atoms with Crippen LogP contribution in [-0.2, 0) is 4.74 Å². The first-order valence-corrected chi connectivity index (χ1v) is 7.77. The molecule has 0 unspecified atom stereocenters. The largest absolute Gasteiger partial charge is 0.465 e. The highest BCUT2D eigenvalue weighted by atomic mass is 79.9. The molecule has 0 radical (unpaired) electrons. The standard InChI is InChI=1S/C15H11BrN2O2S/c1-20-14(19)13-8-17-15(21-13)18-12-5-3-9-6-11(16)4-2-10(9)7-12/h2-8H,1H3,(H,17,18). The van der Waals surface area contributed by atoms with Gasteiger partial charge in [-0.3, -0.25) is 0 Å². The number of carbonyl (C=O) groups is 1. The highest BCUT2D eigenvalue weighted by Crippen LogP contribution is 2.27. The number of benzene rings is 2. The topological polar surface area (TPSA) is 51.2 Å². The van der Waals surface area contributed by atoms with Gasteiger partial charge in [0.15, 0.2) is 5.13 Å². The Morgan fingerprint density at radius 1 is 1.24 bits per heavy atom. The summed E-state index contributed by atoms with van der Waals surface area (Å²) in [6.07, 6.45) is 1.51. The van der Waals surface area contributed by atoms with E-state index in [1.54, 1.807) is 0 Å². The summed E-state index contributed by atoms with van der Waals surface area (Å²) in [5, 5.41) is 6.15. The van der Waals surface area contributed by atoms with Crippen LogP contribution in [0.5, 0.6) is 0 Å². The summed E-state index contributed by atoms with van der Waals surface area (Å²) >= 11 is 4.72. The normalized spacial score (nSPS) is 10.6. The van der Waals surface area contributed by atoms with Crippen molar-refractivity contribution >= 4 is 54.8 Å². The van der Waals surface area contributed by atoms with E-state index in [0.717, 1.165) is 20.9 Å². The molecule has 3 aromatic rings. The van der Waals surface area contributed by atoms with Crippen molar-refractivity contribution in [2.75, 3.05) is 12.4 Å². The average molecular weight is 363 g/mol. The Morgan fingerprint density at radius 3 is 2.81 bits per heavy atom. The Hall–Kier alpha value is -1.92. The van der Waals surface area contributed by atoms with Crippen LogP contribution in [-0.4, -0.2) is 18.1 Å². The van der Waals surface area contributed by atoms with Crippen LogP contribution in [0.25, 0.3) is 10.8 Å². The number of halogens is 1. The molecule has 4 nitrogen and oxygen atoms in total. The van der Waals surface area contributed by atoms with Crippen molar-refractivity contribution in [1.29, 1.82) is 0 Å². The van der Waals surface area contributed by atoms with Gasteiger partial charge in [-0.2, -0.15) is 0 Å². The fraction of sp³-hybridized carbons (Fsp3) is 0.0667. The molecule has 0 atom stereocenters. The van der Waals surface area contributed by atoms with E-state index >= 15 is 0 Å². The van der Waals surface area contributed by atoms with Gasteiger partial charge in [0, 0.05) is 10.2 Å². The lowest BCUT2D eigenvalue weighted by Crippen LogP contribution is -1.96. The van der Waals surface area contributed by atoms with Gasteiger partial charge >= 0.3 is 5.97 Å². The number of ether oxygens (including phenoxy) is 1. The first kappa shape index (κ1) is 14.0. The molecule has 0 fully saturated rings. The third-order valence-corrected chi connectivity index (χ3v) is 4.33. The number of nitrogens with zero attached hydrogens (tertiary/aromatic N) is 1. The van der Waals surface area contributed by atoms with Gasteiger partial charge in [0.1, 0.15) is 4.88 Å². The molecular weight excluding hydrogens is 352 g/mol. The quantitative estimate of drug-likeness (QED) is 0.692. The van der Waals surface area contributed by atoms with Crippen LogP contribution in [0.15, 0.2) is 47.1 Å². The fourth-order valence-electron chi connectivity index (χ4n) is 1.94. The van der Waals surface area contributed by atoms with E-state index in [2.05, 4.69) is 37.0 Å². The summed E-state index contributed by atoms with van der Waals surface area (Å²) in [6.45, 7) is 0. The molecule has 2 aromatic carbocycles. The summed E-state index contributed by atoms with van der Waals surface area (Å²) in [4.78, 5) is 16.1. The highest BCUT2D eigenvalue weighted by Gasteiger charge is 2.10. The van der Waals surface area contributed by atoms with E-state index in [1.165, 1.54) is 24.6 Å². The van der Waals surface area contributed by atoms with Crippen molar-refractivity contribution in [3.8, 4) is 0 Å². The Morgan fingerprint density at radius 2 is 2.00 bits per heavy atom. The minimum Gasteiger partial charge on any atom is -0.465 e. The Kier molecular flexibility index (Phi) is 3.90. The number of methoxy groups -OCH3 is 1. The van der Waals surface area contributed by atoms with Crippen molar-refractivity contribution in [2.24, 2.45) is 0 Å². The van der Waals surface area contributed by atoms with Gasteiger partial charge in [0.05, 0.1) is 13.3 Å². The summed E-state index contributed by atoms with van der Waals surface area (Å²) < 4.78 is 5.72. The van der Waals surface area contributed by atoms with Gasteiger partial charge < -0.3 is 10.1 Å². The van der Waals surface area contributed by atoms with Crippen molar-refractivity contribution in [1.82, 2.24) is 4.98 Å². The maximum absolute atomic E-state index is 11.4. The van der Waals surface area contributed by atoms with Crippen LogP contribution in [0.4, 0.5) is 10.8 Å². The van der Waals surface area contributed by atoms with Crippen LogP contribution in [0.3, 0.4) is 0 Å². The zero-order chi connectivity index (χ0) is 14.8. The lowest BCUT2D eigenvalue weighted by atomic mass is 10.1. The molecule has 1 N–H and O–H groups in total. The van der Waals surface area contributed by atoms with Crippen molar-refractivity contribution < 1.29 is 9.53 Å². The van der Waals surface area contributed by atoms with Crippen LogP contribution in [0, 0.1) is 0 Å². The second kappa shape index (κ2) is 5.83. The van der Waals surface area contributed by atoms with Crippen molar-refractivity contribution in [3.63, 3.8) is 0 Å². The van der Waals surface area contributed by atoms with E-state index in [9.17, 15) is 4.79 Å². The first-order chi connectivity index (χ1) is 10.2. The number of hydrogen-bond donors (Lipinski definition) is 1. The van der Waals surface area contributed by atoms with Crippen LogP contribution in [0.1, 0.15) is 9.67 Å². The second-order valence-electron chi connectivity index (χ2n) is 4.35. The number of anilines is 2. The minimum absolute atomic E-state index is 0.371. The molecule has 0 spiro atoms. The lowest BCUT2D eigenvalue weighted by molar-refractivity contribution is 0.0606. The van der Waals surface area contributed by atoms with Gasteiger partial charge in [-0.25, -0.2) is 9.78 Å². The maximum Gasteiger partial charge on any atom is 0.349 e. The number of hydrogen-bond acceptors (Lipinski definition) is 5. The van der Waals surface area contributed by atoms with Crippen molar-refractivity contribution in [3.05, 3.63) is 51.9 Å². The number of carbonyl (C=O) groups excluding carboxylic acids is 1. The maximum atomic E-state index is 11.4. The van der Waals surface area contributed by atoms with Crippen LogP contribution in [0.2, 0.25) is 0 Å². The van der Waals surface area contributed by atoms with Gasteiger partial charge in [-0.05, 0) is 35.0 Å². The molecule has 0 saturated carbocycles. The highest BCUT2D eigenvalue weighted by molar-refractivity contribution is 9.10. The van der Waals surface area contributed by atoms with Crippen LogP contribution >= 0.6 is 27.3 Å². The summed E-state index contributed by atoms with van der Waals surface area (Å²) in [7, 11) is 1.36. The summed E-state index contributed by atoms with van der Waals surface area (Å²) in [6, 6.07) is 12.2. The van der Waals surface area contributed by atoms with E-state index in [1.807, 2.05) is 30.3 Å². The molecule has 1 heterocycles. The number of rotatable bonds is 3. The Balaban J connectivity index is 1.86. The van der Waals surface area contributed by atoms with Gasteiger partial charge in [-0.15, -0.1) is 0 Å². The predicted octanol–water partition coefficient (Wildman–Crippen LogP) is 4.59. The Bertz CT molecular complexity index is 816. The molecule has 0 bridgehead atoms. The summed E-state index contributed by atoms with van der Waals surface area (Å²) in [5.41, 5.74) is 0.926. The predicted molar refractivity (Wildman–Crippen MR) is 88.4 cm³/mol. The molecule has 106 valence electrons. The van der Waals surface area contributed by atoms with Crippen LogP contribution < -0.4 is 5.32 Å². The molecule has 21 heavy (non-hydrogen) atoms. The molecule has 0 aliphatic heterocycles. The number of nitrogens with one attached hydrogen (secondary N) is 1. The van der Waals surface area contributed by atoms with E-state index < -0.39 is 0 Å². The molecule has 0 saturated heterocycles. The van der Waals surface area contributed by atoms with Gasteiger partial charge in [-0.1, -0.05) is 39.4 Å². The number of thiazole rings is 1. The zero-order valence-electron chi connectivity index (χ0n) is 11.1. The molecule has 0 aliphatic rings. The summed E-state index contributed by atoms with van der Waals surface area (Å²) in [5.74, 6) is -0.371. The smallest absolute Gasteiger partial charge is 0.349 e. The third-order valence-electron chi connectivity index (χ3n) is 2.95.